The second kappa shape index (κ2) is 7.05. The lowest BCUT2D eigenvalue weighted by atomic mass is 10.1. The van der Waals surface area contributed by atoms with Crippen molar-refractivity contribution in [3.05, 3.63) is 11.6 Å². The van der Waals surface area contributed by atoms with Crippen LogP contribution in [0.1, 0.15) is 30.5 Å². The van der Waals surface area contributed by atoms with E-state index in [0.717, 1.165) is 37.3 Å². The van der Waals surface area contributed by atoms with Crippen molar-refractivity contribution in [3.63, 3.8) is 0 Å². The van der Waals surface area contributed by atoms with Crippen LogP contribution in [0.2, 0.25) is 0 Å². The number of guanidine groups is 1. The Morgan fingerprint density at radius 2 is 2.23 bits per heavy atom. The van der Waals surface area contributed by atoms with Crippen molar-refractivity contribution in [2.75, 3.05) is 26.4 Å². The van der Waals surface area contributed by atoms with Gasteiger partial charge in [-0.15, -0.1) is 0 Å². The quantitative estimate of drug-likeness (QED) is 0.368. The van der Waals surface area contributed by atoms with Crippen molar-refractivity contribution in [1.29, 1.82) is 0 Å². The molecule has 1 aromatic heterocycles. The van der Waals surface area contributed by atoms with Crippen molar-refractivity contribution in [1.82, 2.24) is 30.1 Å². The number of fused-ring (bicyclic) bond motifs is 1. The predicted octanol–water partition coefficient (Wildman–Crippen LogP) is -0.864. The maximum atomic E-state index is 11.0. The van der Waals surface area contributed by atoms with Crippen LogP contribution in [0.15, 0.2) is 4.99 Å². The molecule has 1 aliphatic rings. The topological polar surface area (TPSA) is 113 Å². The molecule has 1 unspecified atom stereocenters. The van der Waals surface area contributed by atoms with Crippen LogP contribution in [-0.4, -0.2) is 55.5 Å². The van der Waals surface area contributed by atoms with Crippen LogP contribution < -0.4 is 15.4 Å². The van der Waals surface area contributed by atoms with E-state index in [9.17, 15) is 8.42 Å². The summed E-state index contributed by atoms with van der Waals surface area (Å²) in [5.41, 5.74) is 0. The van der Waals surface area contributed by atoms with E-state index in [4.69, 9.17) is 0 Å². The van der Waals surface area contributed by atoms with Crippen LogP contribution in [0.4, 0.5) is 0 Å². The van der Waals surface area contributed by atoms with Gasteiger partial charge in [0.25, 0.3) is 0 Å². The van der Waals surface area contributed by atoms with Gasteiger partial charge in [-0.25, -0.2) is 22.8 Å². The van der Waals surface area contributed by atoms with Crippen LogP contribution in [0.3, 0.4) is 0 Å². The smallest absolute Gasteiger partial charge is 0.208 e. The van der Waals surface area contributed by atoms with Gasteiger partial charge < -0.3 is 10.6 Å². The van der Waals surface area contributed by atoms with E-state index in [1.165, 1.54) is 0 Å². The minimum atomic E-state index is -3.17. The van der Waals surface area contributed by atoms with Gasteiger partial charge in [-0.05, 0) is 19.8 Å². The van der Waals surface area contributed by atoms with E-state index in [1.807, 2.05) is 11.6 Å². The van der Waals surface area contributed by atoms with Crippen molar-refractivity contribution < 1.29 is 8.42 Å². The van der Waals surface area contributed by atoms with Crippen LogP contribution in [0.5, 0.6) is 0 Å². The van der Waals surface area contributed by atoms with E-state index in [-0.39, 0.29) is 6.04 Å². The summed E-state index contributed by atoms with van der Waals surface area (Å²) in [6.45, 7) is 3.52. The minimum absolute atomic E-state index is 0.0593. The first-order valence-corrected chi connectivity index (χ1v) is 9.11. The largest absolute Gasteiger partial charge is 0.355 e. The highest BCUT2D eigenvalue weighted by Crippen LogP contribution is 2.22. The van der Waals surface area contributed by atoms with Crippen molar-refractivity contribution in [2.24, 2.45) is 4.99 Å². The Morgan fingerprint density at radius 3 is 2.91 bits per heavy atom. The molecular formula is C12H23N7O2S. The number of nitrogens with one attached hydrogen (secondary N) is 3. The van der Waals surface area contributed by atoms with Gasteiger partial charge in [0.1, 0.15) is 11.6 Å². The highest BCUT2D eigenvalue weighted by Gasteiger charge is 2.24. The molecule has 1 aromatic rings. The molecule has 0 aliphatic carbocycles. The first-order valence-electron chi connectivity index (χ1n) is 7.22. The molecule has 0 radical (unpaired) electrons. The number of hydrogen-bond acceptors (Lipinski definition) is 5. The Morgan fingerprint density at radius 1 is 1.45 bits per heavy atom. The lowest BCUT2D eigenvalue weighted by Gasteiger charge is -2.25. The van der Waals surface area contributed by atoms with Gasteiger partial charge in [-0.1, -0.05) is 0 Å². The number of rotatable bonds is 5. The highest BCUT2D eigenvalue weighted by molar-refractivity contribution is 7.88. The van der Waals surface area contributed by atoms with E-state index < -0.39 is 10.0 Å². The number of aromatic nitrogens is 3. The summed E-state index contributed by atoms with van der Waals surface area (Å²) in [6, 6.07) is 0.0593. The zero-order valence-electron chi connectivity index (χ0n) is 13.1. The first-order chi connectivity index (χ1) is 10.4. The molecule has 0 saturated carbocycles. The zero-order chi connectivity index (χ0) is 16.2. The monoisotopic (exact) mass is 329 g/mol. The van der Waals surface area contributed by atoms with E-state index in [2.05, 4.69) is 30.4 Å². The molecule has 0 aromatic carbocycles. The normalized spacial score (nSPS) is 18.9. The third kappa shape index (κ3) is 4.67. The van der Waals surface area contributed by atoms with Crippen LogP contribution in [0.25, 0.3) is 0 Å². The van der Waals surface area contributed by atoms with E-state index in [1.54, 1.807) is 7.05 Å². The summed E-state index contributed by atoms with van der Waals surface area (Å²) in [4.78, 5) is 8.62. The molecule has 10 heteroatoms. The van der Waals surface area contributed by atoms with E-state index in [0.29, 0.717) is 19.0 Å². The molecule has 3 N–H and O–H groups in total. The van der Waals surface area contributed by atoms with E-state index >= 15 is 0 Å². The summed E-state index contributed by atoms with van der Waals surface area (Å²) in [6.07, 6.45) is 3.12. The summed E-state index contributed by atoms with van der Waals surface area (Å²) >= 11 is 0. The number of nitrogens with zero attached hydrogens (tertiary/aromatic N) is 4. The van der Waals surface area contributed by atoms with Gasteiger partial charge in [-0.2, -0.15) is 5.10 Å². The maximum absolute atomic E-state index is 11.0. The highest BCUT2D eigenvalue weighted by atomic mass is 32.2. The number of sulfonamides is 1. The standard InChI is InChI=1S/C12H23N7O2S/c1-9-16-11-10(5-4-8-19(11)18-9)17-12(13-2)14-6-7-15-22(3,20)21/h10,15H,4-8H2,1-3H3,(H2,13,14,17). The Hall–Kier alpha value is -1.68. The van der Waals surface area contributed by atoms with Gasteiger partial charge >= 0.3 is 0 Å². The van der Waals surface area contributed by atoms with Crippen LogP contribution in [0, 0.1) is 6.92 Å². The average molecular weight is 329 g/mol. The Kier molecular flexibility index (Phi) is 5.35. The minimum Gasteiger partial charge on any atom is -0.355 e. The molecule has 0 bridgehead atoms. The molecule has 124 valence electrons. The van der Waals surface area contributed by atoms with Crippen LogP contribution in [-0.2, 0) is 16.6 Å². The zero-order valence-corrected chi connectivity index (χ0v) is 13.9. The molecule has 2 heterocycles. The number of hydrogen-bond donors (Lipinski definition) is 3. The third-order valence-electron chi connectivity index (χ3n) is 3.30. The molecular weight excluding hydrogens is 306 g/mol. The molecule has 2 rings (SSSR count). The van der Waals surface area contributed by atoms with Gasteiger partial charge in [0.05, 0.1) is 12.3 Å². The van der Waals surface area contributed by atoms with Gasteiger partial charge in [-0.3, -0.25) is 4.99 Å². The third-order valence-corrected chi connectivity index (χ3v) is 4.03. The molecule has 0 fully saturated rings. The SMILES string of the molecule is CN=C(NCCNS(C)(=O)=O)NC1CCCn2nc(C)nc21. The average Bonchev–Trinajstić information content (AvgIpc) is 2.82. The lowest BCUT2D eigenvalue weighted by molar-refractivity contribution is 0.398. The molecule has 1 aliphatic heterocycles. The number of aliphatic imine (C=N–C) groups is 1. The van der Waals surface area contributed by atoms with Gasteiger partial charge in [0, 0.05) is 26.7 Å². The van der Waals surface area contributed by atoms with Crippen molar-refractivity contribution in [2.45, 2.75) is 32.4 Å². The molecule has 0 spiro atoms. The second-order valence-corrected chi connectivity index (χ2v) is 7.08. The molecule has 0 amide bonds. The predicted molar refractivity (Wildman–Crippen MR) is 84.1 cm³/mol. The van der Waals surface area contributed by atoms with Crippen LogP contribution >= 0.6 is 0 Å². The summed E-state index contributed by atoms with van der Waals surface area (Å²) in [5, 5.41) is 10.8. The first kappa shape index (κ1) is 16.7. The molecule has 22 heavy (non-hydrogen) atoms. The second-order valence-electron chi connectivity index (χ2n) is 5.25. The molecule has 9 nitrogen and oxygen atoms in total. The maximum Gasteiger partial charge on any atom is 0.208 e. The van der Waals surface area contributed by atoms with Crippen molar-refractivity contribution in [3.8, 4) is 0 Å². The fourth-order valence-corrected chi connectivity index (χ4v) is 2.85. The lowest BCUT2D eigenvalue weighted by Crippen LogP contribution is -2.44. The Bertz CT molecular complexity index is 638. The molecule has 0 saturated heterocycles. The summed E-state index contributed by atoms with van der Waals surface area (Å²) < 4.78 is 26.3. The fraction of sp³-hybridized carbons (Fsp3) is 0.750. The Balaban J connectivity index is 1.89. The summed E-state index contributed by atoms with van der Waals surface area (Å²) in [5.74, 6) is 2.30. The fourth-order valence-electron chi connectivity index (χ4n) is 2.38. The van der Waals surface area contributed by atoms with Crippen molar-refractivity contribution >= 4 is 16.0 Å². The number of aryl methyl sites for hydroxylation is 2. The van der Waals surface area contributed by atoms with Gasteiger partial charge in [0.2, 0.25) is 10.0 Å². The summed E-state index contributed by atoms with van der Waals surface area (Å²) in [7, 11) is -1.49. The molecule has 1 atom stereocenters. The van der Waals surface area contributed by atoms with Gasteiger partial charge in [0.15, 0.2) is 5.96 Å². The Labute approximate surface area is 130 Å².